The van der Waals surface area contributed by atoms with Gasteiger partial charge in [0.2, 0.25) is 11.8 Å². The van der Waals surface area contributed by atoms with Crippen molar-refractivity contribution in [2.75, 3.05) is 45.2 Å². The molecule has 7 heteroatoms. The Labute approximate surface area is 161 Å². The summed E-state index contributed by atoms with van der Waals surface area (Å²) < 4.78 is 5.34. The highest BCUT2D eigenvalue weighted by Crippen LogP contribution is 2.25. The van der Waals surface area contributed by atoms with Crippen LogP contribution >= 0.6 is 0 Å². The lowest BCUT2D eigenvalue weighted by Gasteiger charge is -2.37. The van der Waals surface area contributed by atoms with E-state index in [1.54, 1.807) is 7.11 Å². The Hall–Kier alpha value is -2.12. The molecule has 2 aliphatic rings. The number of amides is 2. The molecule has 1 aliphatic carbocycles. The van der Waals surface area contributed by atoms with Gasteiger partial charge in [0.15, 0.2) is 0 Å². The first kappa shape index (κ1) is 19.6. The first-order valence-electron chi connectivity index (χ1n) is 9.67. The summed E-state index contributed by atoms with van der Waals surface area (Å²) in [6.45, 7) is 7.50. The van der Waals surface area contributed by atoms with E-state index in [1.165, 1.54) is 0 Å². The monoisotopic (exact) mass is 374 g/mol. The number of carbonyl (C=O) groups excluding carboxylic acids is 2. The third-order valence-corrected chi connectivity index (χ3v) is 5.26. The quantitative estimate of drug-likeness (QED) is 0.751. The smallest absolute Gasteiger partial charge is 0.241 e. The Balaban J connectivity index is 1.48. The van der Waals surface area contributed by atoms with Crippen molar-refractivity contribution in [2.45, 2.75) is 38.8 Å². The largest absolute Gasteiger partial charge is 0.495 e. The molecule has 7 nitrogen and oxygen atoms in total. The summed E-state index contributed by atoms with van der Waals surface area (Å²) in [4.78, 5) is 28.9. The molecule has 1 aromatic rings. The normalized spacial score (nSPS) is 19.4. The van der Waals surface area contributed by atoms with Crippen LogP contribution in [-0.4, -0.2) is 73.5 Å². The number of hydrogen-bond acceptors (Lipinski definition) is 5. The van der Waals surface area contributed by atoms with Crippen LogP contribution in [0.1, 0.15) is 25.3 Å². The van der Waals surface area contributed by atoms with Crippen molar-refractivity contribution in [3.63, 3.8) is 0 Å². The Morgan fingerprint density at radius 2 is 1.93 bits per heavy atom. The number of benzene rings is 1. The fourth-order valence-corrected chi connectivity index (χ4v) is 3.34. The van der Waals surface area contributed by atoms with Gasteiger partial charge in [0.25, 0.3) is 0 Å². The summed E-state index contributed by atoms with van der Waals surface area (Å²) in [6.07, 6.45) is 2.22. The van der Waals surface area contributed by atoms with E-state index >= 15 is 0 Å². The zero-order chi connectivity index (χ0) is 19.4. The first-order valence-corrected chi connectivity index (χ1v) is 9.67. The molecule has 1 heterocycles. The number of piperazine rings is 1. The number of ether oxygens (including phenoxy) is 1. The predicted molar refractivity (Wildman–Crippen MR) is 105 cm³/mol. The number of hydrogen-bond donors (Lipinski definition) is 2. The van der Waals surface area contributed by atoms with Crippen LogP contribution in [0.4, 0.5) is 5.69 Å². The van der Waals surface area contributed by atoms with Crippen molar-refractivity contribution in [3.05, 3.63) is 23.8 Å². The Bertz CT molecular complexity index is 682. The van der Waals surface area contributed by atoms with E-state index in [-0.39, 0.29) is 17.9 Å². The van der Waals surface area contributed by atoms with Crippen LogP contribution in [0.15, 0.2) is 18.2 Å². The molecule has 3 rings (SSSR count). The Morgan fingerprint density at radius 3 is 2.56 bits per heavy atom. The number of nitrogens with zero attached hydrogens (tertiary/aromatic N) is 2. The molecule has 1 saturated carbocycles. The molecule has 0 radical (unpaired) electrons. The molecule has 1 saturated heterocycles. The lowest BCUT2D eigenvalue weighted by Crippen LogP contribution is -2.54. The minimum absolute atomic E-state index is 0.0428. The lowest BCUT2D eigenvalue weighted by molar-refractivity contribution is -0.124. The van der Waals surface area contributed by atoms with Crippen LogP contribution in [-0.2, 0) is 9.59 Å². The van der Waals surface area contributed by atoms with Crippen molar-refractivity contribution < 1.29 is 14.3 Å². The molecule has 27 heavy (non-hydrogen) atoms. The number of nitrogens with one attached hydrogen (secondary N) is 2. The molecule has 2 amide bonds. The third-order valence-electron chi connectivity index (χ3n) is 5.26. The van der Waals surface area contributed by atoms with Gasteiger partial charge in [-0.25, -0.2) is 0 Å². The predicted octanol–water partition coefficient (Wildman–Crippen LogP) is 1.23. The minimum atomic E-state index is -0.238. The maximum Gasteiger partial charge on any atom is 0.241 e. The molecule has 0 bridgehead atoms. The van der Waals surface area contributed by atoms with E-state index in [4.69, 9.17) is 4.74 Å². The van der Waals surface area contributed by atoms with Gasteiger partial charge in [0, 0.05) is 32.2 Å². The van der Waals surface area contributed by atoms with Gasteiger partial charge in [-0.2, -0.15) is 0 Å². The summed E-state index contributed by atoms with van der Waals surface area (Å²) in [5, 5.41) is 6.01. The molecular formula is C20H30N4O3. The summed E-state index contributed by atoms with van der Waals surface area (Å²) >= 11 is 0. The van der Waals surface area contributed by atoms with E-state index in [0.717, 1.165) is 44.6 Å². The van der Waals surface area contributed by atoms with Gasteiger partial charge in [-0.3, -0.25) is 19.4 Å². The van der Waals surface area contributed by atoms with Crippen molar-refractivity contribution in [3.8, 4) is 5.75 Å². The molecule has 1 unspecified atom stereocenters. The van der Waals surface area contributed by atoms with E-state index in [9.17, 15) is 9.59 Å². The standard InChI is InChI=1S/C20H30N4O3/c1-14-4-7-18(27-3)17(12-14)22-20(26)15(2)24-10-8-23(9-11-24)13-19(25)21-16-5-6-16/h4,7,12,15-16H,5-6,8-11,13H2,1-3H3,(H,21,25)(H,22,26). The van der Waals surface area contributed by atoms with Crippen LogP contribution in [0.25, 0.3) is 0 Å². The van der Waals surface area contributed by atoms with E-state index in [1.807, 2.05) is 32.0 Å². The van der Waals surface area contributed by atoms with Crippen LogP contribution in [0, 0.1) is 6.92 Å². The second-order valence-electron chi connectivity index (χ2n) is 7.52. The molecular weight excluding hydrogens is 344 g/mol. The molecule has 148 valence electrons. The zero-order valence-electron chi connectivity index (χ0n) is 16.5. The van der Waals surface area contributed by atoms with Crippen LogP contribution < -0.4 is 15.4 Å². The fourth-order valence-electron chi connectivity index (χ4n) is 3.34. The minimum Gasteiger partial charge on any atom is -0.495 e. The second-order valence-corrected chi connectivity index (χ2v) is 7.52. The average Bonchev–Trinajstić information content (AvgIpc) is 3.45. The summed E-state index contributed by atoms with van der Waals surface area (Å²) in [7, 11) is 1.60. The van der Waals surface area contributed by atoms with Crippen molar-refractivity contribution in [1.82, 2.24) is 15.1 Å². The SMILES string of the molecule is COc1ccc(C)cc1NC(=O)C(C)N1CCN(CC(=O)NC2CC2)CC1. The summed E-state index contributed by atoms with van der Waals surface area (Å²) in [6, 6.07) is 5.90. The second kappa shape index (κ2) is 8.71. The fraction of sp³-hybridized carbons (Fsp3) is 0.600. The maximum absolute atomic E-state index is 12.7. The van der Waals surface area contributed by atoms with Crippen molar-refractivity contribution in [1.29, 1.82) is 0 Å². The van der Waals surface area contributed by atoms with Gasteiger partial charge in [0.1, 0.15) is 5.75 Å². The topological polar surface area (TPSA) is 73.9 Å². The van der Waals surface area contributed by atoms with Gasteiger partial charge >= 0.3 is 0 Å². The highest BCUT2D eigenvalue weighted by molar-refractivity contribution is 5.96. The van der Waals surface area contributed by atoms with Gasteiger partial charge in [-0.15, -0.1) is 0 Å². The average molecular weight is 374 g/mol. The number of anilines is 1. The van der Waals surface area contributed by atoms with Gasteiger partial charge in [-0.1, -0.05) is 6.07 Å². The van der Waals surface area contributed by atoms with Crippen molar-refractivity contribution >= 4 is 17.5 Å². The number of methoxy groups -OCH3 is 1. The molecule has 2 N–H and O–H groups in total. The highest BCUT2D eigenvalue weighted by atomic mass is 16.5. The summed E-state index contributed by atoms with van der Waals surface area (Å²) in [5.41, 5.74) is 1.77. The molecule has 1 aliphatic heterocycles. The Kier molecular flexibility index (Phi) is 6.34. The number of rotatable bonds is 7. The maximum atomic E-state index is 12.7. The first-order chi connectivity index (χ1) is 13.0. The van der Waals surface area contributed by atoms with Gasteiger partial charge in [0.05, 0.1) is 25.4 Å². The molecule has 1 atom stereocenters. The van der Waals surface area contributed by atoms with Gasteiger partial charge < -0.3 is 15.4 Å². The third kappa shape index (κ3) is 5.43. The Morgan fingerprint density at radius 1 is 1.22 bits per heavy atom. The summed E-state index contributed by atoms with van der Waals surface area (Å²) in [5.74, 6) is 0.731. The zero-order valence-corrected chi connectivity index (χ0v) is 16.5. The van der Waals surface area contributed by atoms with E-state index in [2.05, 4.69) is 20.4 Å². The highest BCUT2D eigenvalue weighted by Gasteiger charge is 2.28. The van der Waals surface area contributed by atoms with Crippen LogP contribution in [0.5, 0.6) is 5.75 Å². The molecule has 1 aromatic carbocycles. The van der Waals surface area contributed by atoms with Crippen molar-refractivity contribution in [2.24, 2.45) is 0 Å². The molecule has 2 fully saturated rings. The lowest BCUT2D eigenvalue weighted by atomic mass is 10.1. The molecule has 0 aromatic heterocycles. The van der Waals surface area contributed by atoms with E-state index < -0.39 is 0 Å². The van der Waals surface area contributed by atoms with Crippen LogP contribution in [0.2, 0.25) is 0 Å². The number of aryl methyl sites for hydroxylation is 1. The van der Waals surface area contributed by atoms with Crippen LogP contribution in [0.3, 0.4) is 0 Å². The number of carbonyl (C=O) groups is 2. The molecule has 0 spiro atoms. The van der Waals surface area contributed by atoms with Gasteiger partial charge in [-0.05, 0) is 44.4 Å². The van der Waals surface area contributed by atoms with E-state index in [0.29, 0.717) is 24.0 Å².